The van der Waals surface area contributed by atoms with E-state index >= 15 is 0 Å². The molecule has 1 aliphatic carbocycles. The van der Waals surface area contributed by atoms with Crippen molar-refractivity contribution in [2.45, 2.75) is 44.3 Å². The molecule has 1 aromatic carbocycles. The summed E-state index contributed by atoms with van der Waals surface area (Å²) in [5.41, 5.74) is 3.70. The molecule has 8 heteroatoms. The summed E-state index contributed by atoms with van der Waals surface area (Å²) in [5, 5.41) is 21.8. The number of amides is 1. The van der Waals surface area contributed by atoms with Gasteiger partial charge in [0.2, 0.25) is 5.91 Å². The van der Waals surface area contributed by atoms with Crippen LogP contribution in [0.2, 0.25) is 0 Å². The van der Waals surface area contributed by atoms with Gasteiger partial charge in [0.25, 0.3) is 0 Å². The number of rotatable bonds is 7. The quantitative estimate of drug-likeness (QED) is 0.450. The van der Waals surface area contributed by atoms with Crippen molar-refractivity contribution < 1.29 is 4.79 Å². The van der Waals surface area contributed by atoms with Crippen LogP contribution in [-0.2, 0) is 24.2 Å². The molecule has 0 radical (unpaired) electrons. The van der Waals surface area contributed by atoms with Gasteiger partial charge in [0.05, 0.1) is 11.3 Å². The first-order valence-electron chi connectivity index (χ1n) is 10.3. The Balaban J connectivity index is 1.62. The maximum Gasteiger partial charge on any atom is 0.236 e. The average Bonchev–Trinajstić information content (AvgIpc) is 3.30. The smallest absolute Gasteiger partial charge is 0.236 e. The molecule has 0 saturated carbocycles. The van der Waals surface area contributed by atoms with Crippen LogP contribution in [0.15, 0.2) is 48.1 Å². The summed E-state index contributed by atoms with van der Waals surface area (Å²) >= 11 is 1.32. The van der Waals surface area contributed by atoms with E-state index in [2.05, 4.69) is 28.2 Å². The number of fused-ring (bicyclic) bond motifs is 1. The molecule has 1 N–H and O–H groups in total. The molecule has 0 aliphatic heterocycles. The second-order valence-corrected chi connectivity index (χ2v) is 8.35. The number of anilines is 1. The van der Waals surface area contributed by atoms with Gasteiger partial charge in [0.1, 0.15) is 17.7 Å². The fourth-order valence-electron chi connectivity index (χ4n) is 4.00. The van der Waals surface area contributed by atoms with E-state index in [0.29, 0.717) is 23.1 Å². The van der Waals surface area contributed by atoms with Crippen LogP contribution in [0.5, 0.6) is 0 Å². The SMILES string of the molecule is C=CCn1c(C)nnc1SCC(=O)Nc1c(C#N)c2c(n1-c1ccccc1)CCCC2. The minimum absolute atomic E-state index is 0.171. The second-order valence-electron chi connectivity index (χ2n) is 7.40. The molecular weight excluding hydrogens is 408 g/mol. The fourth-order valence-corrected chi connectivity index (χ4v) is 4.80. The average molecular weight is 433 g/mol. The molecule has 7 nitrogen and oxygen atoms in total. The first-order valence-corrected chi connectivity index (χ1v) is 11.3. The van der Waals surface area contributed by atoms with E-state index in [4.69, 9.17) is 0 Å². The number of benzene rings is 1. The van der Waals surface area contributed by atoms with E-state index in [-0.39, 0.29) is 11.7 Å². The summed E-state index contributed by atoms with van der Waals surface area (Å²) in [7, 11) is 0. The van der Waals surface area contributed by atoms with Gasteiger partial charge in [0, 0.05) is 17.9 Å². The third-order valence-electron chi connectivity index (χ3n) is 5.40. The predicted octanol–water partition coefficient (Wildman–Crippen LogP) is 4.04. The number of nitrogens with one attached hydrogen (secondary N) is 1. The van der Waals surface area contributed by atoms with E-state index < -0.39 is 0 Å². The molecule has 3 aromatic rings. The highest BCUT2D eigenvalue weighted by molar-refractivity contribution is 7.99. The molecule has 31 heavy (non-hydrogen) atoms. The van der Waals surface area contributed by atoms with Gasteiger partial charge in [-0.25, -0.2) is 0 Å². The van der Waals surface area contributed by atoms with Crippen LogP contribution in [-0.4, -0.2) is 31.0 Å². The standard InChI is InChI=1S/C23H24N6OS/c1-3-13-28-16(2)26-27-23(28)31-15-21(30)25-22-19(14-24)18-11-7-8-12-20(18)29(22)17-9-5-4-6-10-17/h3-6,9-10H,1,7-8,11-13,15H2,2H3,(H,25,30). The normalized spacial score (nSPS) is 12.8. The molecule has 4 rings (SSSR count). The molecule has 2 heterocycles. The lowest BCUT2D eigenvalue weighted by molar-refractivity contribution is -0.113. The monoisotopic (exact) mass is 432 g/mol. The van der Waals surface area contributed by atoms with Crippen LogP contribution in [0.4, 0.5) is 5.82 Å². The summed E-state index contributed by atoms with van der Waals surface area (Å²) in [5.74, 6) is 1.33. The van der Waals surface area contributed by atoms with Gasteiger partial charge in [-0.05, 0) is 50.3 Å². The number of hydrogen-bond acceptors (Lipinski definition) is 5. The van der Waals surface area contributed by atoms with Crippen molar-refractivity contribution in [3.63, 3.8) is 0 Å². The number of allylic oxidation sites excluding steroid dienone is 1. The van der Waals surface area contributed by atoms with E-state index in [9.17, 15) is 10.1 Å². The summed E-state index contributed by atoms with van der Waals surface area (Å²) in [6.45, 7) is 6.22. The minimum Gasteiger partial charge on any atom is -0.310 e. The van der Waals surface area contributed by atoms with Crippen molar-refractivity contribution in [3.05, 3.63) is 65.6 Å². The number of nitriles is 1. The Bertz CT molecular complexity index is 1160. The lowest BCUT2D eigenvalue weighted by Crippen LogP contribution is -2.18. The van der Waals surface area contributed by atoms with Gasteiger partial charge in [-0.15, -0.1) is 16.8 Å². The highest BCUT2D eigenvalue weighted by Gasteiger charge is 2.26. The van der Waals surface area contributed by atoms with Crippen LogP contribution in [0.25, 0.3) is 5.69 Å². The number of aryl methyl sites for hydroxylation is 1. The Hall–Kier alpha value is -3.31. The lowest BCUT2D eigenvalue weighted by atomic mass is 9.95. The van der Waals surface area contributed by atoms with Crippen molar-refractivity contribution in [1.82, 2.24) is 19.3 Å². The summed E-state index contributed by atoms with van der Waals surface area (Å²) < 4.78 is 3.96. The van der Waals surface area contributed by atoms with Gasteiger partial charge in [-0.3, -0.25) is 9.36 Å². The Morgan fingerprint density at radius 2 is 2.06 bits per heavy atom. The van der Waals surface area contributed by atoms with Gasteiger partial charge in [-0.1, -0.05) is 36.0 Å². The van der Waals surface area contributed by atoms with Gasteiger partial charge < -0.3 is 9.88 Å². The Kier molecular flexibility index (Phi) is 6.23. The Labute approximate surface area is 185 Å². The summed E-state index contributed by atoms with van der Waals surface area (Å²) in [6, 6.07) is 12.2. The van der Waals surface area contributed by atoms with Crippen molar-refractivity contribution in [2.75, 3.05) is 11.1 Å². The molecule has 2 aromatic heterocycles. The number of hydrogen-bond donors (Lipinski definition) is 1. The molecule has 0 fully saturated rings. The number of carbonyl (C=O) groups excluding carboxylic acids is 1. The molecule has 1 aliphatic rings. The first-order chi connectivity index (χ1) is 15.1. The highest BCUT2D eigenvalue weighted by Crippen LogP contribution is 2.35. The Morgan fingerprint density at radius 3 is 2.81 bits per heavy atom. The fraction of sp³-hybridized carbons (Fsp3) is 0.304. The molecule has 0 saturated heterocycles. The summed E-state index contributed by atoms with van der Waals surface area (Å²) in [4.78, 5) is 12.9. The van der Waals surface area contributed by atoms with Crippen LogP contribution >= 0.6 is 11.8 Å². The van der Waals surface area contributed by atoms with Crippen LogP contribution in [0, 0.1) is 18.3 Å². The van der Waals surface area contributed by atoms with Crippen molar-refractivity contribution in [3.8, 4) is 11.8 Å². The number of thioether (sulfide) groups is 1. The van der Waals surface area contributed by atoms with E-state index in [0.717, 1.165) is 48.5 Å². The van der Waals surface area contributed by atoms with Gasteiger partial charge in [0.15, 0.2) is 5.16 Å². The third kappa shape index (κ3) is 4.14. The maximum atomic E-state index is 12.9. The number of para-hydroxylation sites is 1. The number of carbonyl (C=O) groups is 1. The zero-order valence-electron chi connectivity index (χ0n) is 17.5. The van der Waals surface area contributed by atoms with Crippen molar-refractivity contribution in [2.24, 2.45) is 0 Å². The zero-order valence-corrected chi connectivity index (χ0v) is 18.3. The minimum atomic E-state index is -0.181. The second kappa shape index (κ2) is 9.23. The van der Waals surface area contributed by atoms with Gasteiger partial charge >= 0.3 is 0 Å². The first kappa shape index (κ1) is 20.9. The highest BCUT2D eigenvalue weighted by atomic mass is 32.2. The van der Waals surface area contributed by atoms with Crippen molar-refractivity contribution >= 4 is 23.5 Å². The molecule has 0 unspecified atom stereocenters. The largest absolute Gasteiger partial charge is 0.310 e. The van der Waals surface area contributed by atoms with Crippen LogP contribution in [0.1, 0.15) is 35.5 Å². The predicted molar refractivity (Wildman–Crippen MR) is 121 cm³/mol. The number of nitrogens with zero attached hydrogens (tertiary/aromatic N) is 5. The van der Waals surface area contributed by atoms with E-state index in [1.165, 1.54) is 11.8 Å². The molecule has 1 amide bonds. The van der Waals surface area contributed by atoms with E-state index in [1.54, 1.807) is 6.08 Å². The molecule has 0 atom stereocenters. The maximum absolute atomic E-state index is 12.9. The molecular formula is C23H24N6OS. The molecule has 0 bridgehead atoms. The van der Waals surface area contributed by atoms with E-state index in [1.807, 2.05) is 46.4 Å². The number of aromatic nitrogens is 4. The third-order valence-corrected chi connectivity index (χ3v) is 6.37. The van der Waals surface area contributed by atoms with Gasteiger partial charge in [-0.2, -0.15) is 5.26 Å². The molecule has 158 valence electrons. The lowest BCUT2D eigenvalue weighted by Gasteiger charge is -2.17. The zero-order chi connectivity index (χ0) is 21.8. The topological polar surface area (TPSA) is 88.5 Å². The summed E-state index contributed by atoms with van der Waals surface area (Å²) in [6.07, 6.45) is 5.67. The van der Waals surface area contributed by atoms with Crippen molar-refractivity contribution in [1.29, 1.82) is 5.26 Å². The Morgan fingerprint density at radius 1 is 1.29 bits per heavy atom. The molecule has 0 spiro atoms. The van der Waals surface area contributed by atoms with Crippen LogP contribution in [0.3, 0.4) is 0 Å². The van der Waals surface area contributed by atoms with Crippen LogP contribution < -0.4 is 5.32 Å².